The highest BCUT2D eigenvalue weighted by atomic mass is 35.5. The number of carbonyl (C=O) groups is 1. The number of urea groups is 1. The molecule has 3 rings (SSSR count). The van der Waals surface area contributed by atoms with Crippen LogP contribution in [0, 0.1) is 0 Å². The molecule has 1 aliphatic carbocycles. The average molecular weight is 444 g/mol. The minimum atomic E-state index is -4.57. The molecule has 0 bridgehead atoms. The second kappa shape index (κ2) is 10.5. The van der Waals surface area contributed by atoms with Gasteiger partial charge in [-0.3, -0.25) is 4.90 Å². The number of carbonyl (C=O) groups excluding carboxylic acids is 1. The molecule has 0 unspecified atom stereocenters. The molecule has 2 amide bonds. The Kier molecular flexibility index (Phi) is 8.06. The highest BCUT2D eigenvalue weighted by Crippen LogP contribution is 2.36. The van der Waals surface area contributed by atoms with E-state index in [2.05, 4.69) is 21.6 Å². The number of alkyl halides is 3. The summed E-state index contributed by atoms with van der Waals surface area (Å²) < 4.78 is 38.9. The maximum atomic E-state index is 13.0. The maximum Gasteiger partial charge on any atom is 0.417 e. The third kappa shape index (κ3) is 6.91. The van der Waals surface area contributed by atoms with Crippen molar-refractivity contribution in [1.29, 1.82) is 0 Å². The lowest BCUT2D eigenvalue weighted by Crippen LogP contribution is -2.46. The molecule has 0 aromatic heterocycles. The smallest absolute Gasteiger partial charge is 0.335 e. The van der Waals surface area contributed by atoms with Gasteiger partial charge in [0.05, 0.1) is 10.6 Å². The number of amides is 2. The molecule has 0 saturated carbocycles. The van der Waals surface area contributed by atoms with Gasteiger partial charge in [-0.2, -0.15) is 13.2 Å². The summed E-state index contributed by atoms with van der Waals surface area (Å²) in [5.41, 5.74) is 0.638. The van der Waals surface area contributed by atoms with Gasteiger partial charge in [0.2, 0.25) is 0 Å². The number of nitrogens with zero attached hydrogens (tertiary/aromatic N) is 1. The lowest BCUT2D eigenvalue weighted by Gasteiger charge is -2.33. The van der Waals surface area contributed by atoms with Gasteiger partial charge in [0, 0.05) is 31.4 Å². The first-order chi connectivity index (χ1) is 14.3. The van der Waals surface area contributed by atoms with E-state index in [4.69, 9.17) is 11.6 Å². The molecule has 1 fully saturated rings. The molecular weight excluding hydrogens is 415 g/mol. The van der Waals surface area contributed by atoms with Crippen LogP contribution in [0.1, 0.15) is 56.9 Å². The van der Waals surface area contributed by atoms with Crippen molar-refractivity contribution in [3.05, 3.63) is 40.4 Å². The molecule has 1 saturated heterocycles. The van der Waals surface area contributed by atoms with Crippen LogP contribution in [0.15, 0.2) is 29.8 Å². The van der Waals surface area contributed by atoms with Crippen LogP contribution in [0.2, 0.25) is 5.02 Å². The summed E-state index contributed by atoms with van der Waals surface area (Å²) >= 11 is 5.62. The van der Waals surface area contributed by atoms with Crippen molar-refractivity contribution in [2.45, 2.75) is 63.6 Å². The molecule has 8 heteroatoms. The number of benzene rings is 1. The van der Waals surface area contributed by atoms with E-state index in [1.54, 1.807) is 0 Å². The summed E-state index contributed by atoms with van der Waals surface area (Å²) in [4.78, 5) is 14.7. The Bertz CT molecular complexity index is 758. The van der Waals surface area contributed by atoms with E-state index in [0.29, 0.717) is 0 Å². The number of halogens is 4. The Morgan fingerprint density at radius 2 is 1.87 bits per heavy atom. The van der Waals surface area contributed by atoms with Crippen LogP contribution >= 0.6 is 11.6 Å². The van der Waals surface area contributed by atoms with Gasteiger partial charge >= 0.3 is 12.2 Å². The van der Waals surface area contributed by atoms with Crippen LogP contribution in [-0.2, 0) is 6.18 Å². The van der Waals surface area contributed by atoms with E-state index in [9.17, 15) is 18.0 Å². The predicted octanol–water partition coefficient (Wildman–Crippen LogP) is 6.23. The van der Waals surface area contributed by atoms with Crippen molar-refractivity contribution in [3.8, 4) is 0 Å². The number of hydrogen-bond acceptors (Lipinski definition) is 2. The van der Waals surface area contributed by atoms with Crippen LogP contribution in [0.3, 0.4) is 0 Å². The molecule has 0 atom stereocenters. The fourth-order valence-corrected chi connectivity index (χ4v) is 4.32. The zero-order valence-electron chi connectivity index (χ0n) is 17.0. The van der Waals surface area contributed by atoms with E-state index in [-0.39, 0.29) is 16.8 Å². The Morgan fingerprint density at radius 3 is 2.60 bits per heavy atom. The number of rotatable bonds is 4. The first-order valence-corrected chi connectivity index (χ1v) is 11.0. The van der Waals surface area contributed by atoms with Crippen LogP contribution in [0.25, 0.3) is 0 Å². The number of anilines is 1. The largest absolute Gasteiger partial charge is 0.417 e. The van der Waals surface area contributed by atoms with Crippen molar-refractivity contribution in [2.24, 2.45) is 0 Å². The van der Waals surface area contributed by atoms with Gasteiger partial charge in [0.15, 0.2) is 0 Å². The normalized spacial score (nSPS) is 19.5. The van der Waals surface area contributed by atoms with E-state index in [0.717, 1.165) is 44.6 Å². The number of piperidine rings is 1. The van der Waals surface area contributed by atoms with Gasteiger partial charge in [-0.05, 0) is 56.7 Å². The van der Waals surface area contributed by atoms with E-state index in [1.807, 2.05) is 0 Å². The van der Waals surface area contributed by atoms with Gasteiger partial charge in [-0.15, -0.1) is 0 Å². The van der Waals surface area contributed by atoms with Gasteiger partial charge in [-0.1, -0.05) is 36.1 Å². The molecule has 30 heavy (non-hydrogen) atoms. The Hall–Kier alpha value is -1.73. The monoisotopic (exact) mass is 443 g/mol. The molecule has 1 heterocycles. The number of allylic oxidation sites excluding steroid dienone is 1. The summed E-state index contributed by atoms with van der Waals surface area (Å²) in [5, 5.41) is 4.98. The summed E-state index contributed by atoms with van der Waals surface area (Å²) in [6.07, 6.45) is 7.04. The zero-order valence-corrected chi connectivity index (χ0v) is 17.8. The highest BCUT2D eigenvalue weighted by molar-refractivity contribution is 6.31. The van der Waals surface area contributed by atoms with E-state index < -0.39 is 17.8 Å². The summed E-state index contributed by atoms with van der Waals surface area (Å²) in [5.74, 6) is 0. The predicted molar refractivity (Wildman–Crippen MR) is 114 cm³/mol. The number of hydrogen-bond donors (Lipinski definition) is 2. The average Bonchev–Trinajstić information content (AvgIpc) is 2.66. The summed E-state index contributed by atoms with van der Waals surface area (Å²) in [6, 6.07) is 2.88. The third-order valence-electron chi connectivity index (χ3n) is 5.76. The highest BCUT2D eigenvalue weighted by Gasteiger charge is 2.33. The Labute approximate surface area is 180 Å². The maximum absolute atomic E-state index is 13.0. The fourth-order valence-electron chi connectivity index (χ4n) is 4.10. The van der Waals surface area contributed by atoms with Gasteiger partial charge in [-0.25, -0.2) is 4.79 Å². The first kappa shape index (κ1) is 22.9. The second-order valence-corrected chi connectivity index (χ2v) is 8.56. The topological polar surface area (TPSA) is 44.4 Å². The summed E-state index contributed by atoms with van der Waals surface area (Å²) in [6.45, 7) is 2.81. The molecule has 0 spiro atoms. The molecule has 2 aliphatic rings. The quantitative estimate of drug-likeness (QED) is 0.542. The minimum Gasteiger partial charge on any atom is -0.335 e. The van der Waals surface area contributed by atoms with Crippen molar-refractivity contribution in [3.63, 3.8) is 0 Å². The van der Waals surface area contributed by atoms with Crippen molar-refractivity contribution in [1.82, 2.24) is 10.2 Å². The number of likely N-dealkylation sites (tertiary alicyclic amines) is 1. The molecule has 2 N–H and O–H groups in total. The molecule has 4 nitrogen and oxygen atoms in total. The van der Waals surface area contributed by atoms with Crippen LogP contribution in [0.5, 0.6) is 0 Å². The van der Waals surface area contributed by atoms with Crippen LogP contribution in [-0.4, -0.2) is 36.6 Å². The van der Waals surface area contributed by atoms with Gasteiger partial charge in [0.1, 0.15) is 0 Å². The minimum absolute atomic E-state index is 0.0157. The van der Waals surface area contributed by atoms with Crippen LogP contribution in [0.4, 0.5) is 23.7 Å². The van der Waals surface area contributed by atoms with Gasteiger partial charge < -0.3 is 10.6 Å². The molecule has 1 aliphatic heterocycles. The SMILES string of the molecule is O=C(Nc1ccc(Cl)c(C(F)(F)F)c1)NC1CCN(CC2=CCCCCCC2)CC1. The Balaban J connectivity index is 1.45. The van der Waals surface area contributed by atoms with Gasteiger partial charge in [0.25, 0.3) is 0 Å². The molecule has 0 radical (unpaired) electrons. The zero-order chi connectivity index (χ0) is 21.6. The van der Waals surface area contributed by atoms with Crippen molar-refractivity contribution < 1.29 is 18.0 Å². The second-order valence-electron chi connectivity index (χ2n) is 8.16. The van der Waals surface area contributed by atoms with Crippen molar-refractivity contribution in [2.75, 3.05) is 25.0 Å². The number of nitrogens with one attached hydrogen (secondary N) is 2. The third-order valence-corrected chi connectivity index (χ3v) is 6.09. The fraction of sp³-hybridized carbons (Fsp3) is 0.591. The molecule has 1 aromatic rings. The first-order valence-electron chi connectivity index (χ1n) is 10.7. The van der Waals surface area contributed by atoms with Crippen molar-refractivity contribution >= 4 is 23.3 Å². The molecular formula is C22H29ClF3N3O. The lowest BCUT2D eigenvalue weighted by molar-refractivity contribution is -0.137. The summed E-state index contributed by atoms with van der Waals surface area (Å²) in [7, 11) is 0. The standard InChI is InChI=1S/C22H29ClF3N3O/c23-20-9-8-18(14-19(20)22(24,25)26)28-21(30)27-17-10-12-29(13-11-17)15-16-6-4-2-1-3-5-7-16/h6,8-9,14,17H,1-5,7,10-13,15H2,(H2,27,28,30). The lowest BCUT2D eigenvalue weighted by atomic mass is 9.98. The van der Waals surface area contributed by atoms with E-state index >= 15 is 0 Å². The van der Waals surface area contributed by atoms with Crippen LogP contribution < -0.4 is 10.6 Å². The molecule has 166 valence electrons. The Morgan fingerprint density at radius 1 is 1.13 bits per heavy atom. The molecule has 1 aromatic carbocycles. The van der Waals surface area contributed by atoms with E-state index in [1.165, 1.54) is 50.2 Å².